The second-order valence-corrected chi connectivity index (χ2v) is 3.66. The van der Waals surface area contributed by atoms with Crippen LogP contribution in [0, 0.1) is 12.7 Å². The number of halogens is 2. The average Bonchev–Trinajstić information content (AvgIpc) is 2.66. The number of hydrogen-bond acceptors (Lipinski definition) is 3. The zero-order valence-electron chi connectivity index (χ0n) is 7.29. The zero-order chi connectivity index (χ0) is 10.1. The molecular formula is C9H6BrFN2O. The SMILES string of the molecule is Cc1c(F)cc(-c2nnco2)cc1Br. The lowest BCUT2D eigenvalue weighted by atomic mass is 10.1. The number of hydrogen-bond donors (Lipinski definition) is 0. The van der Waals surface area contributed by atoms with Gasteiger partial charge in [-0.05, 0) is 24.6 Å². The van der Waals surface area contributed by atoms with Gasteiger partial charge in [0.25, 0.3) is 0 Å². The number of nitrogens with zero attached hydrogens (tertiary/aromatic N) is 2. The van der Waals surface area contributed by atoms with Crippen molar-refractivity contribution in [2.45, 2.75) is 6.92 Å². The van der Waals surface area contributed by atoms with Crippen LogP contribution in [0.4, 0.5) is 4.39 Å². The number of rotatable bonds is 1. The van der Waals surface area contributed by atoms with Gasteiger partial charge < -0.3 is 4.42 Å². The molecule has 0 fully saturated rings. The van der Waals surface area contributed by atoms with Crippen molar-refractivity contribution in [3.05, 3.63) is 34.4 Å². The van der Waals surface area contributed by atoms with Crippen LogP contribution >= 0.6 is 15.9 Å². The fourth-order valence-corrected chi connectivity index (χ4v) is 1.50. The largest absolute Gasteiger partial charge is 0.423 e. The summed E-state index contributed by atoms with van der Waals surface area (Å²) in [5, 5.41) is 7.22. The van der Waals surface area contributed by atoms with Gasteiger partial charge in [-0.3, -0.25) is 0 Å². The first-order valence-corrected chi connectivity index (χ1v) is 4.70. The van der Waals surface area contributed by atoms with Crippen LogP contribution in [0.2, 0.25) is 0 Å². The number of benzene rings is 1. The lowest BCUT2D eigenvalue weighted by Gasteiger charge is -2.01. The molecule has 0 aliphatic rings. The highest BCUT2D eigenvalue weighted by atomic mass is 79.9. The van der Waals surface area contributed by atoms with Crippen molar-refractivity contribution in [2.24, 2.45) is 0 Å². The standard InChI is InChI=1S/C9H6BrFN2O/c1-5-7(10)2-6(3-8(5)11)9-13-12-4-14-9/h2-4H,1H3. The lowest BCUT2D eigenvalue weighted by molar-refractivity contribution is 0.566. The first kappa shape index (κ1) is 9.33. The minimum absolute atomic E-state index is 0.299. The Morgan fingerprint density at radius 1 is 1.43 bits per heavy atom. The maximum absolute atomic E-state index is 13.3. The van der Waals surface area contributed by atoms with E-state index < -0.39 is 0 Å². The Hall–Kier alpha value is -1.23. The molecule has 72 valence electrons. The van der Waals surface area contributed by atoms with Gasteiger partial charge in [0.05, 0.1) is 0 Å². The van der Waals surface area contributed by atoms with Gasteiger partial charge in [0.1, 0.15) is 5.82 Å². The molecule has 0 amide bonds. The van der Waals surface area contributed by atoms with Gasteiger partial charge in [-0.15, -0.1) is 10.2 Å². The van der Waals surface area contributed by atoms with Crippen molar-refractivity contribution in [2.75, 3.05) is 0 Å². The topological polar surface area (TPSA) is 38.9 Å². The van der Waals surface area contributed by atoms with Crippen LogP contribution in [0.25, 0.3) is 11.5 Å². The van der Waals surface area contributed by atoms with Crippen LogP contribution < -0.4 is 0 Å². The van der Waals surface area contributed by atoms with Gasteiger partial charge in [0.2, 0.25) is 12.3 Å². The highest BCUT2D eigenvalue weighted by molar-refractivity contribution is 9.10. The van der Waals surface area contributed by atoms with Crippen molar-refractivity contribution in [1.82, 2.24) is 10.2 Å². The molecule has 0 spiro atoms. The third kappa shape index (κ3) is 1.55. The Bertz CT molecular complexity index is 433. The summed E-state index contributed by atoms with van der Waals surface area (Å²) < 4.78 is 19.0. The second kappa shape index (κ2) is 3.49. The Balaban J connectivity index is 2.57. The molecule has 1 heterocycles. The average molecular weight is 257 g/mol. The molecule has 0 atom stereocenters. The summed E-state index contributed by atoms with van der Waals surface area (Å²) in [4.78, 5) is 0. The molecule has 0 saturated carbocycles. The van der Waals surface area contributed by atoms with Crippen molar-refractivity contribution in [1.29, 1.82) is 0 Å². The first-order valence-electron chi connectivity index (χ1n) is 3.90. The van der Waals surface area contributed by atoms with Crippen LogP contribution in [0.3, 0.4) is 0 Å². The van der Waals surface area contributed by atoms with Gasteiger partial charge in [-0.25, -0.2) is 4.39 Å². The van der Waals surface area contributed by atoms with Crippen molar-refractivity contribution in [3.8, 4) is 11.5 Å². The predicted octanol–water partition coefficient (Wildman–Crippen LogP) is 2.95. The molecule has 0 saturated heterocycles. The third-order valence-corrected chi connectivity index (χ3v) is 2.71. The van der Waals surface area contributed by atoms with Gasteiger partial charge >= 0.3 is 0 Å². The van der Waals surface area contributed by atoms with E-state index in [0.29, 0.717) is 21.5 Å². The molecule has 0 bridgehead atoms. The summed E-state index contributed by atoms with van der Waals surface area (Å²) in [6, 6.07) is 3.11. The molecule has 0 aliphatic carbocycles. The minimum Gasteiger partial charge on any atom is -0.423 e. The van der Waals surface area contributed by atoms with Crippen LogP contribution in [0.1, 0.15) is 5.56 Å². The molecule has 0 aliphatic heterocycles. The van der Waals surface area contributed by atoms with Crippen LogP contribution in [-0.2, 0) is 0 Å². The predicted molar refractivity (Wildman–Crippen MR) is 52.1 cm³/mol. The zero-order valence-corrected chi connectivity index (χ0v) is 8.88. The normalized spacial score (nSPS) is 10.5. The van der Waals surface area contributed by atoms with E-state index in [-0.39, 0.29) is 5.82 Å². The molecule has 0 unspecified atom stereocenters. The molecule has 2 aromatic rings. The lowest BCUT2D eigenvalue weighted by Crippen LogP contribution is -1.87. The van der Waals surface area contributed by atoms with Gasteiger partial charge in [-0.2, -0.15) is 0 Å². The second-order valence-electron chi connectivity index (χ2n) is 2.81. The molecule has 2 rings (SSSR count). The molecule has 0 radical (unpaired) electrons. The smallest absolute Gasteiger partial charge is 0.247 e. The maximum atomic E-state index is 13.3. The maximum Gasteiger partial charge on any atom is 0.247 e. The molecule has 14 heavy (non-hydrogen) atoms. The van der Waals surface area contributed by atoms with E-state index in [4.69, 9.17) is 4.42 Å². The molecular weight excluding hydrogens is 251 g/mol. The quantitative estimate of drug-likeness (QED) is 0.788. The summed E-state index contributed by atoms with van der Waals surface area (Å²) in [7, 11) is 0. The van der Waals surface area contributed by atoms with E-state index in [2.05, 4.69) is 26.1 Å². The van der Waals surface area contributed by atoms with Gasteiger partial charge in [0, 0.05) is 10.0 Å². The van der Waals surface area contributed by atoms with Crippen molar-refractivity contribution in [3.63, 3.8) is 0 Å². The summed E-state index contributed by atoms with van der Waals surface area (Å²) in [6.07, 6.45) is 1.21. The van der Waals surface area contributed by atoms with E-state index in [1.165, 1.54) is 12.5 Å². The van der Waals surface area contributed by atoms with Crippen molar-refractivity contribution >= 4 is 15.9 Å². The van der Waals surface area contributed by atoms with E-state index in [1.807, 2.05) is 0 Å². The number of aromatic nitrogens is 2. The van der Waals surface area contributed by atoms with E-state index in [0.717, 1.165) is 0 Å². The Labute approximate surface area is 88.1 Å². The molecule has 0 N–H and O–H groups in total. The van der Waals surface area contributed by atoms with E-state index in [1.54, 1.807) is 13.0 Å². The highest BCUT2D eigenvalue weighted by Crippen LogP contribution is 2.26. The molecule has 3 nitrogen and oxygen atoms in total. The first-order chi connectivity index (χ1) is 6.68. The summed E-state index contributed by atoms with van der Waals surface area (Å²) in [5.41, 5.74) is 1.13. The fourth-order valence-electron chi connectivity index (χ4n) is 1.07. The third-order valence-electron chi connectivity index (χ3n) is 1.89. The highest BCUT2D eigenvalue weighted by Gasteiger charge is 2.09. The van der Waals surface area contributed by atoms with Gasteiger partial charge in [0.15, 0.2) is 0 Å². The van der Waals surface area contributed by atoms with Gasteiger partial charge in [-0.1, -0.05) is 15.9 Å². The van der Waals surface area contributed by atoms with Crippen molar-refractivity contribution < 1.29 is 8.81 Å². The van der Waals surface area contributed by atoms with Crippen LogP contribution in [0.15, 0.2) is 27.4 Å². The molecule has 1 aromatic heterocycles. The fraction of sp³-hybridized carbons (Fsp3) is 0.111. The summed E-state index contributed by atoms with van der Waals surface area (Å²) in [6.45, 7) is 1.69. The summed E-state index contributed by atoms with van der Waals surface area (Å²) in [5.74, 6) is 0.0113. The molecule has 1 aromatic carbocycles. The van der Waals surface area contributed by atoms with E-state index in [9.17, 15) is 4.39 Å². The summed E-state index contributed by atoms with van der Waals surface area (Å²) >= 11 is 3.25. The minimum atomic E-state index is -0.299. The Morgan fingerprint density at radius 2 is 2.21 bits per heavy atom. The monoisotopic (exact) mass is 256 g/mol. The Morgan fingerprint density at radius 3 is 2.79 bits per heavy atom. The Kier molecular flexibility index (Phi) is 2.33. The van der Waals surface area contributed by atoms with E-state index >= 15 is 0 Å². The van der Waals surface area contributed by atoms with Crippen LogP contribution in [-0.4, -0.2) is 10.2 Å². The molecule has 5 heteroatoms. The van der Waals surface area contributed by atoms with Crippen LogP contribution in [0.5, 0.6) is 0 Å².